The Labute approximate surface area is 138 Å². The average molecular weight is 342 g/mol. The third-order valence-corrected chi connectivity index (χ3v) is 5.18. The predicted molar refractivity (Wildman–Crippen MR) is 82.3 cm³/mol. The largest absolute Gasteiger partial charge is 0.573 e. The lowest BCUT2D eigenvalue weighted by atomic mass is 9.63. The van der Waals surface area contributed by atoms with Crippen molar-refractivity contribution in [3.05, 3.63) is 29.8 Å². The molecule has 3 N–H and O–H groups in total. The Hall–Kier alpha value is -1.76. The van der Waals surface area contributed by atoms with Crippen LogP contribution in [0.25, 0.3) is 0 Å². The summed E-state index contributed by atoms with van der Waals surface area (Å²) in [6, 6.07) is 5.46. The van der Waals surface area contributed by atoms with E-state index in [4.69, 9.17) is 5.73 Å². The summed E-state index contributed by atoms with van der Waals surface area (Å²) in [4.78, 5) is 12.4. The maximum Gasteiger partial charge on any atom is 0.573 e. The highest BCUT2D eigenvalue weighted by molar-refractivity contribution is 5.79. The summed E-state index contributed by atoms with van der Waals surface area (Å²) in [5, 5.41) is 3.06. The van der Waals surface area contributed by atoms with Crippen molar-refractivity contribution >= 4 is 5.91 Å². The van der Waals surface area contributed by atoms with E-state index in [9.17, 15) is 18.0 Å². The Morgan fingerprint density at radius 3 is 2.67 bits per heavy atom. The van der Waals surface area contributed by atoms with Gasteiger partial charge in [0.25, 0.3) is 0 Å². The molecule has 0 spiro atoms. The summed E-state index contributed by atoms with van der Waals surface area (Å²) in [5.41, 5.74) is 6.35. The van der Waals surface area contributed by atoms with Crippen molar-refractivity contribution in [2.45, 2.75) is 56.5 Å². The molecule has 3 fully saturated rings. The second kappa shape index (κ2) is 6.27. The third-order valence-electron chi connectivity index (χ3n) is 5.18. The standard InChI is InChI=1S/C17H21F3N2O2/c18-17(19,20)24-13-3-1-2-12(8-13)10-15(23)22-16-6-4-11(5-7-16)9-14(16)21/h1-3,8,11,14H,4-7,9-10,21H2,(H,22,23). The Bertz CT molecular complexity index is 610. The summed E-state index contributed by atoms with van der Waals surface area (Å²) in [7, 11) is 0. The van der Waals surface area contributed by atoms with Crippen molar-refractivity contribution in [1.82, 2.24) is 5.32 Å². The molecule has 0 radical (unpaired) electrons. The van der Waals surface area contributed by atoms with Gasteiger partial charge in [0.15, 0.2) is 0 Å². The maximum absolute atomic E-state index is 12.4. The molecule has 2 bridgehead atoms. The van der Waals surface area contributed by atoms with Gasteiger partial charge in [-0.05, 0) is 55.7 Å². The number of nitrogens with one attached hydrogen (secondary N) is 1. The monoisotopic (exact) mass is 342 g/mol. The van der Waals surface area contributed by atoms with E-state index in [-0.39, 0.29) is 29.7 Å². The SMILES string of the molecule is NC1CC2CCC1(NC(=O)Cc1cccc(OC(F)(F)F)c1)CC2. The van der Waals surface area contributed by atoms with E-state index in [0.717, 1.165) is 32.1 Å². The number of carbonyl (C=O) groups excluding carboxylic acids is 1. The minimum atomic E-state index is -4.74. The second-order valence-corrected chi connectivity index (χ2v) is 6.86. The number of hydrogen-bond acceptors (Lipinski definition) is 3. The lowest BCUT2D eigenvalue weighted by molar-refractivity contribution is -0.274. The number of carbonyl (C=O) groups is 1. The van der Waals surface area contributed by atoms with Crippen LogP contribution in [-0.4, -0.2) is 23.9 Å². The molecule has 0 saturated heterocycles. The van der Waals surface area contributed by atoms with E-state index in [1.165, 1.54) is 18.2 Å². The minimum absolute atomic E-state index is 0.00690. The molecule has 3 saturated carbocycles. The molecule has 1 atom stereocenters. The van der Waals surface area contributed by atoms with Gasteiger partial charge in [-0.25, -0.2) is 0 Å². The quantitative estimate of drug-likeness (QED) is 0.884. The first-order chi connectivity index (χ1) is 11.3. The Morgan fingerprint density at radius 1 is 1.33 bits per heavy atom. The van der Waals surface area contributed by atoms with Crippen LogP contribution in [0.4, 0.5) is 13.2 Å². The summed E-state index contributed by atoms with van der Waals surface area (Å²) >= 11 is 0. The van der Waals surface area contributed by atoms with Crippen LogP contribution in [0.3, 0.4) is 0 Å². The molecule has 1 aromatic rings. The smallest absolute Gasteiger partial charge is 0.406 e. The van der Waals surface area contributed by atoms with Crippen molar-refractivity contribution in [1.29, 1.82) is 0 Å². The molecule has 132 valence electrons. The second-order valence-electron chi connectivity index (χ2n) is 6.86. The van der Waals surface area contributed by atoms with E-state index < -0.39 is 6.36 Å². The molecular formula is C17H21F3N2O2. The van der Waals surface area contributed by atoms with Crippen LogP contribution < -0.4 is 15.8 Å². The van der Waals surface area contributed by atoms with Crippen molar-refractivity contribution in [3.63, 3.8) is 0 Å². The number of halogens is 3. The number of hydrogen-bond donors (Lipinski definition) is 2. The zero-order valence-electron chi connectivity index (χ0n) is 13.2. The van der Waals surface area contributed by atoms with Crippen LogP contribution >= 0.6 is 0 Å². The first-order valence-electron chi connectivity index (χ1n) is 8.17. The Balaban J connectivity index is 1.64. The summed E-state index contributed by atoms with van der Waals surface area (Å²) in [6.45, 7) is 0. The molecule has 4 nitrogen and oxygen atoms in total. The van der Waals surface area contributed by atoms with Gasteiger partial charge in [0, 0.05) is 6.04 Å². The number of benzene rings is 1. The molecule has 1 aromatic carbocycles. The summed E-state index contributed by atoms with van der Waals surface area (Å²) in [6.07, 6.45) is 0.0882. The first kappa shape index (κ1) is 17.1. The Kier molecular flexibility index (Phi) is 4.46. The Morgan fingerprint density at radius 2 is 2.04 bits per heavy atom. The molecule has 7 heteroatoms. The van der Waals surface area contributed by atoms with Crippen LogP contribution in [0.2, 0.25) is 0 Å². The average Bonchev–Trinajstić information content (AvgIpc) is 2.47. The van der Waals surface area contributed by atoms with Gasteiger partial charge in [0.1, 0.15) is 5.75 Å². The van der Waals surface area contributed by atoms with Crippen LogP contribution in [0, 0.1) is 5.92 Å². The molecule has 1 unspecified atom stereocenters. The van der Waals surface area contributed by atoms with Crippen LogP contribution in [0.5, 0.6) is 5.75 Å². The van der Waals surface area contributed by atoms with Crippen LogP contribution in [0.15, 0.2) is 24.3 Å². The third kappa shape index (κ3) is 3.83. The van der Waals surface area contributed by atoms with Crippen molar-refractivity contribution in [3.8, 4) is 5.75 Å². The van der Waals surface area contributed by atoms with Gasteiger partial charge in [-0.3, -0.25) is 4.79 Å². The van der Waals surface area contributed by atoms with Crippen molar-refractivity contribution in [2.75, 3.05) is 0 Å². The van der Waals surface area contributed by atoms with Gasteiger partial charge in [-0.15, -0.1) is 13.2 Å². The zero-order valence-corrected chi connectivity index (χ0v) is 13.2. The fourth-order valence-corrected chi connectivity index (χ4v) is 3.96. The highest BCUT2D eigenvalue weighted by Crippen LogP contribution is 2.43. The fourth-order valence-electron chi connectivity index (χ4n) is 3.96. The molecular weight excluding hydrogens is 321 g/mol. The van der Waals surface area contributed by atoms with Gasteiger partial charge in [-0.1, -0.05) is 12.1 Å². The first-order valence-corrected chi connectivity index (χ1v) is 8.17. The molecule has 1 amide bonds. The summed E-state index contributed by atoms with van der Waals surface area (Å²) in [5.74, 6) is 0.130. The highest BCUT2D eigenvalue weighted by atomic mass is 19.4. The number of rotatable bonds is 4. The molecule has 3 aliphatic carbocycles. The van der Waals surface area contributed by atoms with Crippen LogP contribution in [-0.2, 0) is 11.2 Å². The van der Waals surface area contributed by atoms with Crippen molar-refractivity contribution < 1.29 is 22.7 Å². The van der Waals surface area contributed by atoms with E-state index in [0.29, 0.717) is 11.5 Å². The van der Waals surface area contributed by atoms with E-state index >= 15 is 0 Å². The van der Waals surface area contributed by atoms with E-state index in [1.54, 1.807) is 6.07 Å². The molecule has 24 heavy (non-hydrogen) atoms. The van der Waals surface area contributed by atoms with Gasteiger partial charge < -0.3 is 15.8 Å². The molecule has 3 aliphatic rings. The molecule has 0 aliphatic heterocycles. The predicted octanol–water partition coefficient (Wildman–Crippen LogP) is 2.90. The van der Waals surface area contributed by atoms with Gasteiger partial charge in [0.2, 0.25) is 5.91 Å². The number of ether oxygens (including phenoxy) is 1. The molecule has 0 heterocycles. The van der Waals surface area contributed by atoms with Gasteiger partial charge in [-0.2, -0.15) is 0 Å². The normalized spacial score (nSPS) is 29.3. The van der Waals surface area contributed by atoms with E-state index in [1.807, 2.05) is 0 Å². The minimum Gasteiger partial charge on any atom is -0.406 e. The van der Waals surface area contributed by atoms with Crippen molar-refractivity contribution in [2.24, 2.45) is 11.7 Å². The topological polar surface area (TPSA) is 64.3 Å². The highest BCUT2D eigenvalue weighted by Gasteiger charge is 2.46. The number of amides is 1. The van der Waals surface area contributed by atoms with Gasteiger partial charge in [0.05, 0.1) is 12.0 Å². The lowest BCUT2D eigenvalue weighted by Gasteiger charge is -2.51. The zero-order chi connectivity index (χ0) is 17.4. The van der Waals surface area contributed by atoms with Crippen LogP contribution in [0.1, 0.15) is 37.7 Å². The molecule has 4 rings (SSSR count). The summed E-state index contributed by atoms with van der Waals surface area (Å²) < 4.78 is 40.7. The lowest BCUT2D eigenvalue weighted by Crippen LogP contribution is -2.65. The van der Waals surface area contributed by atoms with E-state index in [2.05, 4.69) is 10.1 Å². The maximum atomic E-state index is 12.4. The van der Waals surface area contributed by atoms with Gasteiger partial charge >= 0.3 is 6.36 Å². The number of nitrogens with two attached hydrogens (primary N) is 1. The molecule has 0 aromatic heterocycles. The number of fused-ring (bicyclic) bond motifs is 3. The number of alkyl halides is 3. The fraction of sp³-hybridized carbons (Fsp3) is 0.588.